The SMILES string of the molecule is COC(=O)C1(C(=O)OC)CC2=CC(=O)C3C(C)(C)C23C1. The highest BCUT2D eigenvalue weighted by Gasteiger charge is 2.83. The van der Waals surface area contributed by atoms with Crippen molar-refractivity contribution in [2.45, 2.75) is 26.7 Å². The molecule has 0 aromatic rings. The molecule has 2 saturated carbocycles. The zero-order valence-electron chi connectivity index (χ0n) is 12.1. The molecule has 5 heteroatoms. The normalized spacial score (nSPS) is 34.9. The van der Waals surface area contributed by atoms with E-state index >= 15 is 0 Å². The number of rotatable bonds is 2. The van der Waals surface area contributed by atoms with E-state index in [4.69, 9.17) is 9.47 Å². The molecule has 5 nitrogen and oxygen atoms in total. The van der Waals surface area contributed by atoms with Gasteiger partial charge in [-0.05, 0) is 24.3 Å². The van der Waals surface area contributed by atoms with Crippen LogP contribution in [0.4, 0.5) is 0 Å². The molecule has 2 atom stereocenters. The lowest BCUT2D eigenvalue weighted by molar-refractivity contribution is -0.169. The topological polar surface area (TPSA) is 69.7 Å². The van der Waals surface area contributed by atoms with Gasteiger partial charge in [0.15, 0.2) is 11.2 Å². The summed E-state index contributed by atoms with van der Waals surface area (Å²) in [5.74, 6) is -1.12. The lowest BCUT2D eigenvalue weighted by Gasteiger charge is -2.23. The number of hydrogen-bond acceptors (Lipinski definition) is 5. The first-order chi connectivity index (χ1) is 9.27. The molecule has 3 rings (SSSR count). The van der Waals surface area contributed by atoms with Crippen molar-refractivity contribution in [3.05, 3.63) is 11.6 Å². The molecule has 108 valence electrons. The van der Waals surface area contributed by atoms with Crippen LogP contribution in [0.2, 0.25) is 0 Å². The number of ketones is 1. The highest BCUT2D eigenvalue weighted by Crippen LogP contribution is 2.83. The Kier molecular flexibility index (Phi) is 2.34. The molecule has 0 amide bonds. The van der Waals surface area contributed by atoms with E-state index in [-0.39, 0.29) is 29.0 Å². The average Bonchev–Trinajstić information content (AvgIpc) is 2.66. The molecule has 2 unspecified atom stereocenters. The first-order valence-corrected chi connectivity index (χ1v) is 6.69. The van der Waals surface area contributed by atoms with Crippen LogP contribution in [-0.4, -0.2) is 31.9 Å². The van der Waals surface area contributed by atoms with E-state index in [0.29, 0.717) is 6.42 Å². The predicted molar refractivity (Wildman–Crippen MR) is 68.5 cm³/mol. The van der Waals surface area contributed by atoms with Gasteiger partial charge in [0.05, 0.1) is 14.2 Å². The van der Waals surface area contributed by atoms with Gasteiger partial charge in [-0.25, -0.2) is 0 Å². The van der Waals surface area contributed by atoms with E-state index in [1.54, 1.807) is 6.08 Å². The first-order valence-electron chi connectivity index (χ1n) is 6.69. The molecule has 0 aromatic heterocycles. The van der Waals surface area contributed by atoms with Crippen molar-refractivity contribution >= 4 is 17.7 Å². The van der Waals surface area contributed by atoms with Gasteiger partial charge < -0.3 is 9.47 Å². The zero-order valence-corrected chi connectivity index (χ0v) is 12.1. The minimum absolute atomic E-state index is 0.110. The highest BCUT2D eigenvalue weighted by molar-refractivity contribution is 6.06. The minimum Gasteiger partial charge on any atom is -0.468 e. The number of carbonyl (C=O) groups is 3. The summed E-state index contributed by atoms with van der Waals surface area (Å²) < 4.78 is 9.66. The van der Waals surface area contributed by atoms with Crippen LogP contribution < -0.4 is 0 Å². The molecule has 1 spiro atoms. The maximum absolute atomic E-state index is 12.2. The maximum atomic E-state index is 12.2. The standard InChI is InChI=1S/C15H18O5/c1-13(2)10-9(16)5-8-6-14(11(17)19-3,12(18)20-4)7-15(8,10)13/h5,10H,6-7H2,1-4H3. The second kappa shape index (κ2) is 3.51. The largest absolute Gasteiger partial charge is 0.468 e. The molecular weight excluding hydrogens is 260 g/mol. The molecule has 20 heavy (non-hydrogen) atoms. The summed E-state index contributed by atoms with van der Waals surface area (Å²) in [5.41, 5.74) is -0.930. The van der Waals surface area contributed by atoms with E-state index in [1.807, 2.05) is 13.8 Å². The number of hydrogen-bond donors (Lipinski definition) is 0. The van der Waals surface area contributed by atoms with Gasteiger partial charge in [0.25, 0.3) is 0 Å². The van der Waals surface area contributed by atoms with Gasteiger partial charge in [0.1, 0.15) is 0 Å². The average molecular weight is 278 g/mol. The molecule has 0 aliphatic heterocycles. The molecule has 0 radical (unpaired) electrons. The third-order valence-electron chi connectivity index (χ3n) is 5.68. The van der Waals surface area contributed by atoms with Gasteiger partial charge in [0.2, 0.25) is 0 Å². The van der Waals surface area contributed by atoms with Gasteiger partial charge in [-0.2, -0.15) is 0 Å². The number of ether oxygens (including phenoxy) is 2. The fourth-order valence-electron chi connectivity index (χ4n) is 4.71. The minimum atomic E-state index is -1.29. The van der Waals surface area contributed by atoms with E-state index in [9.17, 15) is 14.4 Å². The Morgan fingerprint density at radius 1 is 1.20 bits per heavy atom. The summed E-state index contributed by atoms with van der Waals surface area (Å²) in [6.07, 6.45) is 2.16. The van der Waals surface area contributed by atoms with Crippen LogP contribution in [0.1, 0.15) is 26.7 Å². The van der Waals surface area contributed by atoms with Gasteiger partial charge in [-0.1, -0.05) is 19.4 Å². The van der Waals surface area contributed by atoms with Gasteiger partial charge in [-0.15, -0.1) is 0 Å². The Balaban J connectivity index is 2.08. The summed E-state index contributed by atoms with van der Waals surface area (Å²) >= 11 is 0. The van der Waals surface area contributed by atoms with E-state index < -0.39 is 17.4 Å². The fourth-order valence-corrected chi connectivity index (χ4v) is 4.71. The van der Waals surface area contributed by atoms with Crippen LogP contribution in [0.5, 0.6) is 0 Å². The Hall–Kier alpha value is -1.65. The Bertz CT molecular complexity index is 555. The highest BCUT2D eigenvalue weighted by atomic mass is 16.5. The molecule has 0 N–H and O–H groups in total. The Morgan fingerprint density at radius 2 is 1.75 bits per heavy atom. The molecule has 3 aliphatic rings. The van der Waals surface area contributed by atoms with E-state index in [2.05, 4.69) is 0 Å². The molecule has 0 aromatic carbocycles. The molecule has 0 bridgehead atoms. The van der Waals surface area contributed by atoms with Crippen LogP contribution in [-0.2, 0) is 23.9 Å². The van der Waals surface area contributed by atoms with Crippen molar-refractivity contribution in [2.75, 3.05) is 14.2 Å². The zero-order chi connectivity index (χ0) is 14.9. The summed E-state index contributed by atoms with van der Waals surface area (Å²) in [4.78, 5) is 36.4. The molecule has 0 heterocycles. The Morgan fingerprint density at radius 3 is 2.15 bits per heavy atom. The summed E-state index contributed by atoms with van der Waals surface area (Å²) in [7, 11) is 2.54. The van der Waals surface area contributed by atoms with Crippen molar-refractivity contribution in [3.63, 3.8) is 0 Å². The lowest BCUT2D eigenvalue weighted by Crippen LogP contribution is -2.39. The monoisotopic (exact) mass is 278 g/mol. The number of allylic oxidation sites excluding steroid dienone is 2. The molecule has 2 fully saturated rings. The lowest BCUT2D eigenvalue weighted by atomic mass is 9.82. The Labute approximate surface area is 117 Å². The molecular formula is C15H18O5. The second-order valence-corrected chi connectivity index (χ2v) is 6.62. The summed E-state index contributed by atoms with van der Waals surface area (Å²) in [5, 5.41) is 0. The van der Waals surface area contributed by atoms with Crippen molar-refractivity contribution < 1.29 is 23.9 Å². The summed E-state index contributed by atoms with van der Waals surface area (Å²) in [6, 6.07) is 0. The van der Waals surface area contributed by atoms with Crippen molar-refractivity contribution in [1.82, 2.24) is 0 Å². The first kappa shape index (κ1) is 13.3. The van der Waals surface area contributed by atoms with Crippen LogP contribution in [0.25, 0.3) is 0 Å². The smallest absolute Gasteiger partial charge is 0.323 e. The third-order valence-corrected chi connectivity index (χ3v) is 5.68. The number of esters is 2. The second-order valence-electron chi connectivity index (χ2n) is 6.62. The van der Waals surface area contributed by atoms with Crippen LogP contribution in [0.15, 0.2) is 11.6 Å². The van der Waals surface area contributed by atoms with E-state index in [0.717, 1.165) is 5.57 Å². The van der Waals surface area contributed by atoms with Crippen molar-refractivity contribution in [3.8, 4) is 0 Å². The molecule has 3 aliphatic carbocycles. The van der Waals surface area contributed by atoms with Crippen LogP contribution >= 0.6 is 0 Å². The van der Waals surface area contributed by atoms with Gasteiger partial charge >= 0.3 is 11.9 Å². The number of carbonyl (C=O) groups excluding carboxylic acids is 3. The van der Waals surface area contributed by atoms with Crippen LogP contribution in [0, 0.1) is 22.2 Å². The van der Waals surface area contributed by atoms with Crippen molar-refractivity contribution in [1.29, 1.82) is 0 Å². The van der Waals surface area contributed by atoms with Gasteiger partial charge in [-0.3, -0.25) is 14.4 Å². The third kappa shape index (κ3) is 1.13. The molecule has 0 saturated heterocycles. The van der Waals surface area contributed by atoms with E-state index in [1.165, 1.54) is 14.2 Å². The van der Waals surface area contributed by atoms with Crippen molar-refractivity contribution in [2.24, 2.45) is 22.2 Å². The van der Waals surface area contributed by atoms with Gasteiger partial charge in [0, 0.05) is 11.3 Å². The van der Waals surface area contributed by atoms with Crippen LogP contribution in [0.3, 0.4) is 0 Å². The fraction of sp³-hybridized carbons (Fsp3) is 0.667. The summed E-state index contributed by atoms with van der Waals surface area (Å²) in [6.45, 7) is 4.04. The number of methoxy groups -OCH3 is 2. The maximum Gasteiger partial charge on any atom is 0.323 e. The quantitative estimate of drug-likeness (QED) is 0.562. The predicted octanol–water partition coefficient (Wildman–Crippen LogP) is 1.26.